The van der Waals surface area contributed by atoms with Gasteiger partial charge in [0.2, 0.25) is 23.6 Å². The molecule has 0 spiro atoms. The lowest BCUT2D eigenvalue weighted by Gasteiger charge is -2.47. The van der Waals surface area contributed by atoms with E-state index in [4.69, 9.17) is 14.7 Å². The summed E-state index contributed by atoms with van der Waals surface area (Å²) in [5, 5.41) is 13.0. The number of hydrogen-bond donors (Lipinski definition) is 3. The Kier molecular flexibility index (Phi) is 10.3. The van der Waals surface area contributed by atoms with Gasteiger partial charge in [-0.3, -0.25) is 34.9 Å². The summed E-state index contributed by atoms with van der Waals surface area (Å²) in [4.78, 5) is 52.1. The molecule has 16 heteroatoms. The molecule has 4 aliphatic rings. The van der Waals surface area contributed by atoms with Crippen LogP contribution in [0, 0.1) is 24.5 Å². The van der Waals surface area contributed by atoms with Gasteiger partial charge in [0.15, 0.2) is 0 Å². The van der Waals surface area contributed by atoms with Gasteiger partial charge in [0.1, 0.15) is 11.6 Å². The average Bonchev–Trinajstić information content (AvgIpc) is 3.72. The average molecular weight is 807 g/mol. The molecular formula is C43H48F2N10O4. The number of halogens is 2. The number of anilines is 3. The third-order valence-electron chi connectivity index (χ3n) is 12.3. The fraction of sp³-hybridized carbons (Fsp3) is 0.442. The Morgan fingerprint density at radius 2 is 1.71 bits per heavy atom. The zero-order chi connectivity index (χ0) is 40.9. The predicted molar refractivity (Wildman–Crippen MR) is 218 cm³/mol. The molecule has 9 rings (SSSR count). The number of ether oxygens (including phenoxy) is 1. The van der Waals surface area contributed by atoms with Crippen molar-refractivity contribution in [3.8, 4) is 17.1 Å². The van der Waals surface area contributed by atoms with Crippen LogP contribution in [0.2, 0.25) is 0 Å². The van der Waals surface area contributed by atoms with Crippen molar-refractivity contribution in [1.29, 1.82) is 0 Å². The topological polar surface area (TPSA) is 152 Å². The number of hydrogen-bond acceptors (Lipinski definition) is 10. The maximum Gasteiger partial charge on any atom is 0.258 e. The molecular weight excluding hydrogens is 759 g/mol. The first-order valence-corrected chi connectivity index (χ1v) is 20.5. The van der Waals surface area contributed by atoms with E-state index in [2.05, 4.69) is 54.5 Å². The van der Waals surface area contributed by atoms with Crippen LogP contribution in [0.15, 0.2) is 48.7 Å². The number of amides is 3. The predicted octanol–water partition coefficient (Wildman–Crippen LogP) is 5.76. The summed E-state index contributed by atoms with van der Waals surface area (Å²) < 4.78 is 40.3. The Morgan fingerprint density at radius 3 is 2.47 bits per heavy atom. The maximum atomic E-state index is 15.1. The highest BCUT2D eigenvalue weighted by atomic mass is 19.1. The van der Waals surface area contributed by atoms with E-state index >= 15 is 8.78 Å². The monoisotopic (exact) mass is 806 g/mol. The minimum Gasteiger partial charge on any atom is -0.477 e. The van der Waals surface area contributed by atoms with E-state index in [1.165, 1.54) is 12.1 Å². The van der Waals surface area contributed by atoms with Crippen LogP contribution in [0.1, 0.15) is 73.0 Å². The summed E-state index contributed by atoms with van der Waals surface area (Å²) in [6.45, 7) is 8.72. The molecule has 14 nitrogen and oxygen atoms in total. The van der Waals surface area contributed by atoms with Crippen molar-refractivity contribution in [3.05, 3.63) is 77.1 Å². The number of aromatic nitrogens is 5. The van der Waals surface area contributed by atoms with Gasteiger partial charge in [-0.05, 0) is 87.4 Å². The van der Waals surface area contributed by atoms with Crippen molar-refractivity contribution in [3.63, 3.8) is 0 Å². The molecule has 2 atom stereocenters. The summed E-state index contributed by atoms with van der Waals surface area (Å²) >= 11 is 0. The number of carbonyl (C=O) groups excluding carboxylic acids is 3. The van der Waals surface area contributed by atoms with Crippen LogP contribution in [0.4, 0.5) is 26.1 Å². The van der Waals surface area contributed by atoms with Gasteiger partial charge in [-0.2, -0.15) is 5.10 Å². The van der Waals surface area contributed by atoms with E-state index in [1.807, 2.05) is 20.0 Å². The highest BCUT2D eigenvalue weighted by Gasteiger charge is 2.37. The molecule has 1 aliphatic carbocycles. The molecule has 308 valence electrons. The SMILES string of the molecule is Cc1cc2cc(n1)-c1cnn(C)c1OCCC[C@@H](C)Cn1c(nc3ccc(N4CCN(C5CC(Nc6cc(F)c([C@H]7CCC(=O)NC7=O)c(F)c6)C5)CC4)cc31)NC2=O. The van der Waals surface area contributed by atoms with E-state index < -0.39 is 29.4 Å². The molecule has 3 N–H and O–H groups in total. The second-order valence-corrected chi connectivity index (χ2v) is 16.5. The van der Waals surface area contributed by atoms with Crippen molar-refractivity contribution in [2.24, 2.45) is 13.0 Å². The molecule has 3 aromatic heterocycles. The van der Waals surface area contributed by atoms with E-state index in [0.717, 1.165) is 74.1 Å². The quantitative estimate of drug-likeness (QED) is 0.187. The van der Waals surface area contributed by atoms with Gasteiger partial charge < -0.3 is 19.5 Å². The number of rotatable bonds is 5. The number of nitrogens with one attached hydrogen (secondary N) is 3. The van der Waals surface area contributed by atoms with E-state index in [0.29, 0.717) is 53.7 Å². The third kappa shape index (κ3) is 7.73. The van der Waals surface area contributed by atoms with Crippen molar-refractivity contribution < 1.29 is 27.9 Å². The molecule has 1 saturated carbocycles. The number of piperazine rings is 1. The standard InChI is InChI=1S/C43H48F2N10O4/c1-24-5-4-14-59-42-32(22-46-52(42)3)36-16-26(15-25(2)47-36)40(57)51-43-49-35-8-6-29(21-37(35)55(43)23-24)53-10-12-54(13-11-53)30-17-27(18-30)48-28-19-33(44)39(34(45)20-28)31-7-9-38(56)50-41(31)58/h6,8,15-16,19-22,24,27,30-31,48H,4-5,7,9-14,17-18,23H2,1-3H3,(H,49,51,57)(H,50,56,58)/t24-,27?,30?,31-/m1/s1. The fourth-order valence-electron chi connectivity index (χ4n) is 9.03. The zero-order valence-corrected chi connectivity index (χ0v) is 33.4. The van der Waals surface area contributed by atoms with Crippen LogP contribution in [-0.2, 0) is 23.2 Å². The number of piperidine rings is 1. The van der Waals surface area contributed by atoms with Gasteiger partial charge in [0.25, 0.3) is 5.91 Å². The molecule has 3 fully saturated rings. The number of aryl methyl sites for hydroxylation is 2. The van der Waals surface area contributed by atoms with Gasteiger partial charge in [-0.15, -0.1) is 0 Å². The highest BCUT2D eigenvalue weighted by Crippen LogP contribution is 2.36. The summed E-state index contributed by atoms with van der Waals surface area (Å²) in [7, 11) is 1.84. The lowest BCUT2D eigenvalue weighted by Crippen LogP contribution is -2.56. The van der Waals surface area contributed by atoms with Crippen LogP contribution in [-0.4, -0.2) is 91.8 Å². The van der Waals surface area contributed by atoms with E-state index in [9.17, 15) is 14.4 Å². The van der Waals surface area contributed by atoms with E-state index in [1.54, 1.807) is 23.0 Å². The lowest BCUT2D eigenvalue weighted by molar-refractivity contribution is -0.134. The molecule has 59 heavy (non-hydrogen) atoms. The molecule has 6 heterocycles. The van der Waals surface area contributed by atoms with Gasteiger partial charge in [0.05, 0.1) is 41.0 Å². The van der Waals surface area contributed by atoms with Crippen LogP contribution in [0.5, 0.6) is 5.88 Å². The number of carbonyl (C=O) groups is 3. The van der Waals surface area contributed by atoms with Gasteiger partial charge in [-0.25, -0.2) is 18.4 Å². The fourth-order valence-corrected chi connectivity index (χ4v) is 9.03. The molecule has 0 unspecified atom stereocenters. The first-order valence-electron chi connectivity index (χ1n) is 20.5. The first-order chi connectivity index (χ1) is 28.5. The normalized spacial score (nSPS) is 22.9. The minimum absolute atomic E-state index is 0.0513. The number of fused-ring (bicyclic) bond motifs is 7. The highest BCUT2D eigenvalue weighted by molar-refractivity contribution is 6.05. The molecule has 2 bridgehead atoms. The second-order valence-electron chi connectivity index (χ2n) is 16.5. The van der Waals surface area contributed by atoms with Crippen LogP contribution >= 0.6 is 0 Å². The maximum absolute atomic E-state index is 15.1. The van der Waals surface area contributed by atoms with E-state index in [-0.39, 0.29) is 36.3 Å². The number of pyridine rings is 1. The van der Waals surface area contributed by atoms with Crippen molar-refractivity contribution >= 4 is 46.1 Å². The second kappa shape index (κ2) is 15.7. The van der Waals surface area contributed by atoms with Gasteiger partial charge in [-0.1, -0.05) is 6.92 Å². The number of imide groups is 1. The summed E-state index contributed by atoms with van der Waals surface area (Å²) in [5.74, 6) is -2.54. The molecule has 3 amide bonds. The number of benzene rings is 2. The molecule has 2 saturated heterocycles. The lowest BCUT2D eigenvalue weighted by atomic mass is 9.84. The summed E-state index contributed by atoms with van der Waals surface area (Å²) in [6, 6.07) is 12.8. The molecule has 5 aromatic rings. The van der Waals surface area contributed by atoms with Gasteiger partial charge in [0, 0.05) is 86.5 Å². The Balaban J connectivity index is 0.858. The summed E-state index contributed by atoms with van der Waals surface area (Å²) in [6.07, 6.45) is 5.32. The zero-order valence-electron chi connectivity index (χ0n) is 33.4. The van der Waals surface area contributed by atoms with Crippen molar-refractivity contribution in [2.75, 3.05) is 48.3 Å². The third-order valence-corrected chi connectivity index (χ3v) is 12.3. The molecule has 0 radical (unpaired) electrons. The van der Waals surface area contributed by atoms with Crippen LogP contribution in [0.3, 0.4) is 0 Å². The smallest absolute Gasteiger partial charge is 0.258 e. The van der Waals surface area contributed by atoms with Crippen LogP contribution in [0.25, 0.3) is 22.3 Å². The Labute approximate surface area is 340 Å². The summed E-state index contributed by atoms with van der Waals surface area (Å²) in [5.41, 5.74) is 5.47. The molecule has 2 aromatic carbocycles. The Bertz CT molecular complexity index is 2430. The van der Waals surface area contributed by atoms with Crippen LogP contribution < -0.4 is 25.6 Å². The molecule has 3 aliphatic heterocycles. The number of nitrogens with zero attached hydrogens (tertiary/aromatic N) is 7. The largest absolute Gasteiger partial charge is 0.477 e. The Morgan fingerprint density at radius 1 is 0.932 bits per heavy atom. The van der Waals surface area contributed by atoms with Crippen molar-refractivity contribution in [2.45, 2.75) is 76.9 Å². The Hall–Kier alpha value is -5.90. The first kappa shape index (κ1) is 38.6. The number of imidazole rings is 1. The van der Waals surface area contributed by atoms with Crippen molar-refractivity contribution in [1.82, 2.24) is 34.5 Å². The minimum atomic E-state index is -1.02. The van der Waals surface area contributed by atoms with Gasteiger partial charge >= 0.3 is 0 Å².